The topological polar surface area (TPSA) is 12.9 Å². The summed E-state index contributed by atoms with van der Waals surface area (Å²) in [5.41, 5.74) is 0.754. The van der Waals surface area contributed by atoms with E-state index < -0.39 is 0 Å². The lowest BCUT2D eigenvalue weighted by molar-refractivity contribution is 1.28. The minimum atomic E-state index is 0.444. The summed E-state index contributed by atoms with van der Waals surface area (Å²) in [5, 5.41) is 0.444. The monoisotopic (exact) mass is 199 g/mol. The van der Waals surface area contributed by atoms with Gasteiger partial charge in [0.05, 0.1) is 5.56 Å². The van der Waals surface area contributed by atoms with E-state index in [9.17, 15) is 0 Å². The van der Waals surface area contributed by atoms with Gasteiger partial charge in [-0.15, -0.1) is 11.6 Å². The number of hydrogen-bond acceptors (Lipinski definition) is 1. The average Bonchev–Trinajstić information content (AvgIpc) is 2.09. The lowest BCUT2D eigenvalue weighted by atomic mass is 10.3. The van der Waals surface area contributed by atoms with E-state index in [4.69, 9.17) is 23.2 Å². The lowest BCUT2D eigenvalue weighted by Crippen LogP contribution is -1.80. The molecule has 0 fully saturated rings. The van der Waals surface area contributed by atoms with Crippen molar-refractivity contribution in [2.45, 2.75) is 6.42 Å². The first kappa shape index (κ1) is 9.38. The minimum Gasteiger partial charge on any atom is -0.243 e. The van der Waals surface area contributed by atoms with Crippen LogP contribution in [-0.2, 0) is 0 Å². The van der Waals surface area contributed by atoms with Crippen molar-refractivity contribution in [2.75, 3.05) is 5.88 Å². The Bertz CT molecular complexity index is 312. The molecular formula is C9H7Cl2N. The van der Waals surface area contributed by atoms with Crippen LogP contribution in [0.2, 0.25) is 5.15 Å². The molecule has 1 nitrogen and oxygen atoms in total. The summed E-state index contributed by atoms with van der Waals surface area (Å²) < 4.78 is 0. The number of alkyl halides is 1. The second kappa shape index (κ2) is 5.03. The van der Waals surface area contributed by atoms with Crippen molar-refractivity contribution >= 4 is 23.2 Å². The van der Waals surface area contributed by atoms with Crippen molar-refractivity contribution in [3.8, 4) is 11.8 Å². The van der Waals surface area contributed by atoms with Crippen LogP contribution in [0.4, 0.5) is 0 Å². The minimum absolute atomic E-state index is 0.444. The SMILES string of the molecule is ClCCC#Cc1cccnc1Cl. The Balaban J connectivity index is 2.77. The van der Waals surface area contributed by atoms with Crippen molar-refractivity contribution in [2.24, 2.45) is 0 Å². The van der Waals surface area contributed by atoms with Gasteiger partial charge in [-0.25, -0.2) is 4.98 Å². The van der Waals surface area contributed by atoms with Gasteiger partial charge in [-0.3, -0.25) is 0 Å². The predicted octanol–water partition coefficient (Wildman–Crippen LogP) is 2.72. The van der Waals surface area contributed by atoms with Crippen LogP contribution >= 0.6 is 23.2 Å². The molecular weight excluding hydrogens is 193 g/mol. The lowest BCUT2D eigenvalue weighted by Gasteiger charge is -1.90. The summed E-state index contributed by atoms with van der Waals surface area (Å²) >= 11 is 11.2. The number of rotatable bonds is 1. The molecule has 0 amide bonds. The maximum absolute atomic E-state index is 5.76. The van der Waals surface area contributed by atoms with Gasteiger partial charge in [-0.1, -0.05) is 23.4 Å². The third-order valence-corrected chi connectivity index (χ3v) is 1.69. The smallest absolute Gasteiger partial charge is 0.144 e. The van der Waals surface area contributed by atoms with Crippen LogP contribution in [0.25, 0.3) is 0 Å². The highest BCUT2D eigenvalue weighted by molar-refractivity contribution is 6.30. The van der Waals surface area contributed by atoms with Crippen molar-refractivity contribution in [1.29, 1.82) is 0 Å². The van der Waals surface area contributed by atoms with Gasteiger partial charge in [-0.05, 0) is 12.1 Å². The fraction of sp³-hybridized carbons (Fsp3) is 0.222. The highest BCUT2D eigenvalue weighted by Crippen LogP contribution is 2.09. The molecule has 0 atom stereocenters. The van der Waals surface area contributed by atoms with Crippen molar-refractivity contribution in [1.82, 2.24) is 4.98 Å². The van der Waals surface area contributed by atoms with Gasteiger partial charge >= 0.3 is 0 Å². The molecule has 0 aliphatic carbocycles. The Labute approximate surface area is 81.7 Å². The number of halogens is 2. The molecule has 1 aromatic rings. The largest absolute Gasteiger partial charge is 0.243 e. The zero-order valence-corrected chi connectivity index (χ0v) is 7.86. The standard InChI is InChI=1S/C9H7Cl2N/c10-6-2-1-4-8-5-3-7-12-9(8)11/h3,5,7H,2,6H2. The molecule has 1 heterocycles. The number of aromatic nitrogens is 1. The second-order valence-electron chi connectivity index (χ2n) is 2.08. The third-order valence-electron chi connectivity index (χ3n) is 1.20. The Hall–Kier alpha value is -0.710. The number of hydrogen-bond donors (Lipinski definition) is 0. The molecule has 3 heteroatoms. The van der Waals surface area contributed by atoms with Gasteiger partial charge < -0.3 is 0 Å². The van der Waals surface area contributed by atoms with E-state index in [1.54, 1.807) is 12.3 Å². The quantitative estimate of drug-likeness (QED) is 0.386. The van der Waals surface area contributed by atoms with E-state index in [1.807, 2.05) is 6.07 Å². The summed E-state index contributed by atoms with van der Waals surface area (Å²) in [6.07, 6.45) is 2.31. The van der Waals surface area contributed by atoms with Gasteiger partial charge in [0.25, 0.3) is 0 Å². The van der Waals surface area contributed by atoms with E-state index >= 15 is 0 Å². The normalized spacial score (nSPS) is 8.83. The molecule has 12 heavy (non-hydrogen) atoms. The van der Waals surface area contributed by atoms with E-state index in [1.165, 1.54) is 0 Å². The Morgan fingerprint density at radius 3 is 3.00 bits per heavy atom. The summed E-state index contributed by atoms with van der Waals surface area (Å²) in [6, 6.07) is 3.63. The van der Waals surface area contributed by atoms with Crippen molar-refractivity contribution in [3.05, 3.63) is 29.0 Å². The summed E-state index contributed by atoms with van der Waals surface area (Å²) in [5.74, 6) is 6.32. The molecule has 0 aromatic carbocycles. The van der Waals surface area contributed by atoms with Gasteiger partial charge in [0.15, 0.2) is 0 Å². The molecule has 0 saturated heterocycles. The first-order valence-electron chi connectivity index (χ1n) is 3.50. The zero-order chi connectivity index (χ0) is 8.81. The molecule has 0 bridgehead atoms. The first-order chi connectivity index (χ1) is 5.84. The van der Waals surface area contributed by atoms with Crippen LogP contribution in [0, 0.1) is 11.8 Å². The van der Waals surface area contributed by atoms with E-state index in [2.05, 4.69) is 16.8 Å². The molecule has 0 saturated carbocycles. The molecule has 0 aliphatic heterocycles. The van der Waals surface area contributed by atoms with E-state index in [0.717, 1.165) is 5.56 Å². The number of nitrogens with zero attached hydrogens (tertiary/aromatic N) is 1. The van der Waals surface area contributed by atoms with Gasteiger partial charge in [0.2, 0.25) is 0 Å². The van der Waals surface area contributed by atoms with Crippen LogP contribution in [0.3, 0.4) is 0 Å². The molecule has 1 rings (SSSR count). The second-order valence-corrected chi connectivity index (χ2v) is 2.82. The maximum atomic E-state index is 5.76. The summed E-state index contributed by atoms with van der Waals surface area (Å²) in [7, 11) is 0. The van der Waals surface area contributed by atoms with Crippen LogP contribution in [0.5, 0.6) is 0 Å². The molecule has 0 spiro atoms. The molecule has 0 N–H and O–H groups in total. The fourth-order valence-corrected chi connectivity index (χ4v) is 0.945. The summed E-state index contributed by atoms with van der Waals surface area (Å²) in [6.45, 7) is 0. The maximum Gasteiger partial charge on any atom is 0.144 e. The number of pyridine rings is 1. The Kier molecular flexibility index (Phi) is 3.93. The first-order valence-corrected chi connectivity index (χ1v) is 4.41. The molecule has 0 radical (unpaired) electrons. The Morgan fingerprint density at radius 1 is 1.50 bits per heavy atom. The highest BCUT2D eigenvalue weighted by Gasteiger charge is 1.93. The highest BCUT2D eigenvalue weighted by atomic mass is 35.5. The van der Waals surface area contributed by atoms with Gasteiger partial charge in [0, 0.05) is 18.5 Å². The molecule has 1 aromatic heterocycles. The predicted molar refractivity (Wildman–Crippen MR) is 51.5 cm³/mol. The van der Waals surface area contributed by atoms with Crippen LogP contribution in [0.15, 0.2) is 18.3 Å². The zero-order valence-electron chi connectivity index (χ0n) is 6.35. The van der Waals surface area contributed by atoms with E-state index in [0.29, 0.717) is 17.5 Å². The molecule has 62 valence electrons. The molecule has 0 aliphatic rings. The van der Waals surface area contributed by atoms with Gasteiger partial charge in [0.1, 0.15) is 5.15 Å². The van der Waals surface area contributed by atoms with Gasteiger partial charge in [-0.2, -0.15) is 0 Å². The third kappa shape index (κ3) is 2.73. The molecule has 0 unspecified atom stereocenters. The van der Waals surface area contributed by atoms with E-state index in [-0.39, 0.29) is 0 Å². The fourth-order valence-electron chi connectivity index (χ4n) is 0.684. The van der Waals surface area contributed by atoms with Crippen LogP contribution in [-0.4, -0.2) is 10.9 Å². The Morgan fingerprint density at radius 2 is 2.33 bits per heavy atom. The van der Waals surface area contributed by atoms with Crippen molar-refractivity contribution < 1.29 is 0 Å². The average molecular weight is 200 g/mol. The van der Waals surface area contributed by atoms with Crippen molar-refractivity contribution in [3.63, 3.8) is 0 Å². The summed E-state index contributed by atoms with van der Waals surface area (Å²) in [4.78, 5) is 3.89. The van der Waals surface area contributed by atoms with Crippen LogP contribution in [0.1, 0.15) is 12.0 Å². The van der Waals surface area contributed by atoms with Crippen LogP contribution < -0.4 is 0 Å².